The lowest BCUT2D eigenvalue weighted by atomic mass is 9.76. The van der Waals surface area contributed by atoms with Crippen LogP contribution in [0.5, 0.6) is 0 Å². The molecule has 1 aromatic carbocycles. The number of nitriles is 1. The van der Waals surface area contributed by atoms with Crippen LogP contribution in [0.4, 0.5) is 0 Å². The SMILES string of the molecule is CN1C2CCCC1CC(C(=O)Cc1ccc(C#N)cc1)C2. The molecule has 0 N–H and O–H groups in total. The summed E-state index contributed by atoms with van der Waals surface area (Å²) in [5, 5.41) is 8.81. The first-order valence-electron chi connectivity index (χ1n) is 7.91. The Balaban J connectivity index is 1.64. The van der Waals surface area contributed by atoms with Gasteiger partial charge in [-0.3, -0.25) is 4.79 Å². The Morgan fingerprint density at radius 2 is 1.86 bits per heavy atom. The summed E-state index contributed by atoms with van der Waals surface area (Å²) in [5.74, 6) is 0.608. The quantitative estimate of drug-likeness (QED) is 0.856. The van der Waals surface area contributed by atoms with Gasteiger partial charge in [0.05, 0.1) is 11.6 Å². The highest BCUT2D eigenvalue weighted by molar-refractivity contribution is 5.83. The minimum atomic E-state index is 0.229. The van der Waals surface area contributed by atoms with Crippen LogP contribution in [-0.4, -0.2) is 29.8 Å². The number of rotatable bonds is 3. The fraction of sp³-hybridized carbons (Fsp3) is 0.556. The molecule has 110 valence electrons. The lowest BCUT2D eigenvalue weighted by Gasteiger charge is -2.46. The van der Waals surface area contributed by atoms with Crippen LogP contribution in [0.2, 0.25) is 0 Å². The average molecular weight is 282 g/mol. The van der Waals surface area contributed by atoms with E-state index < -0.39 is 0 Å². The summed E-state index contributed by atoms with van der Waals surface area (Å²) in [5.41, 5.74) is 1.68. The second kappa shape index (κ2) is 5.99. The number of hydrogen-bond donors (Lipinski definition) is 0. The predicted molar refractivity (Wildman–Crippen MR) is 81.8 cm³/mol. The number of nitrogens with zero attached hydrogens (tertiary/aromatic N) is 2. The van der Waals surface area contributed by atoms with E-state index in [1.807, 2.05) is 12.1 Å². The average Bonchev–Trinajstić information content (AvgIpc) is 2.47. The zero-order valence-electron chi connectivity index (χ0n) is 12.6. The van der Waals surface area contributed by atoms with E-state index in [0.717, 1.165) is 18.4 Å². The Morgan fingerprint density at radius 1 is 1.24 bits per heavy atom. The minimum absolute atomic E-state index is 0.229. The summed E-state index contributed by atoms with van der Waals surface area (Å²) in [7, 11) is 2.22. The molecular weight excluding hydrogens is 260 g/mol. The molecule has 1 aromatic rings. The van der Waals surface area contributed by atoms with Crippen molar-refractivity contribution in [1.82, 2.24) is 4.90 Å². The number of fused-ring (bicyclic) bond motifs is 2. The number of benzene rings is 1. The van der Waals surface area contributed by atoms with Gasteiger partial charge in [-0.15, -0.1) is 0 Å². The van der Waals surface area contributed by atoms with Crippen molar-refractivity contribution in [3.8, 4) is 6.07 Å². The lowest BCUT2D eigenvalue weighted by Crippen LogP contribution is -2.51. The molecule has 0 radical (unpaired) electrons. The molecule has 0 aliphatic carbocycles. The molecule has 21 heavy (non-hydrogen) atoms. The van der Waals surface area contributed by atoms with Crippen molar-refractivity contribution in [3.05, 3.63) is 35.4 Å². The highest BCUT2D eigenvalue weighted by atomic mass is 16.1. The van der Waals surface area contributed by atoms with Crippen molar-refractivity contribution in [3.63, 3.8) is 0 Å². The molecule has 2 atom stereocenters. The van der Waals surface area contributed by atoms with Crippen LogP contribution in [0.15, 0.2) is 24.3 Å². The maximum atomic E-state index is 12.6. The third kappa shape index (κ3) is 3.01. The molecule has 2 fully saturated rings. The summed E-state index contributed by atoms with van der Waals surface area (Å²) >= 11 is 0. The second-order valence-electron chi connectivity index (χ2n) is 6.52. The molecule has 3 nitrogen and oxygen atoms in total. The number of carbonyl (C=O) groups is 1. The highest BCUT2D eigenvalue weighted by Gasteiger charge is 2.38. The molecular formula is C18H22N2O. The van der Waals surface area contributed by atoms with Crippen molar-refractivity contribution in [2.24, 2.45) is 5.92 Å². The van der Waals surface area contributed by atoms with E-state index in [9.17, 15) is 4.79 Å². The smallest absolute Gasteiger partial charge is 0.140 e. The first-order valence-corrected chi connectivity index (χ1v) is 7.91. The van der Waals surface area contributed by atoms with Gasteiger partial charge in [0.1, 0.15) is 5.78 Å². The van der Waals surface area contributed by atoms with E-state index >= 15 is 0 Å². The number of carbonyl (C=O) groups excluding carboxylic acids is 1. The molecule has 0 spiro atoms. The zero-order valence-corrected chi connectivity index (χ0v) is 12.6. The monoisotopic (exact) mass is 282 g/mol. The molecule has 2 aliphatic rings. The fourth-order valence-electron chi connectivity index (χ4n) is 3.92. The molecule has 2 aliphatic heterocycles. The van der Waals surface area contributed by atoms with Crippen LogP contribution in [-0.2, 0) is 11.2 Å². The van der Waals surface area contributed by atoms with Crippen LogP contribution < -0.4 is 0 Å². The van der Waals surface area contributed by atoms with Crippen LogP contribution in [0.3, 0.4) is 0 Å². The molecule has 3 heteroatoms. The van der Waals surface area contributed by atoms with Crippen molar-refractivity contribution in [1.29, 1.82) is 5.26 Å². The summed E-state index contributed by atoms with van der Waals surface area (Å²) in [4.78, 5) is 15.1. The molecule has 2 bridgehead atoms. The maximum absolute atomic E-state index is 12.6. The van der Waals surface area contributed by atoms with E-state index in [4.69, 9.17) is 5.26 Å². The van der Waals surface area contributed by atoms with Gasteiger partial charge >= 0.3 is 0 Å². The van der Waals surface area contributed by atoms with Crippen LogP contribution in [0.25, 0.3) is 0 Å². The summed E-state index contributed by atoms with van der Waals surface area (Å²) in [6.07, 6.45) is 6.38. The van der Waals surface area contributed by atoms with Crippen LogP contribution in [0, 0.1) is 17.2 Å². The van der Waals surface area contributed by atoms with Gasteiger partial charge in [-0.25, -0.2) is 0 Å². The second-order valence-corrected chi connectivity index (χ2v) is 6.52. The molecule has 0 saturated carbocycles. The summed E-state index contributed by atoms with van der Waals surface area (Å²) in [6, 6.07) is 10.7. The Labute approximate surface area is 126 Å². The van der Waals surface area contributed by atoms with E-state index in [2.05, 4.69) is 18.0 Å². The van der Waals surface area contributed by atoms with E-state index in [0.29, 0.717) is 29.9 Å². The van der Waals surface area contributed by atoms with Gasteiger partial charge in [0.15, 0.2) is 0 Å². The fourth-order valence-corrected chi connectivity index (χ4v) is 3.92. The molecule has 2 heterocycles. The van der Waals surface area contributed by atoms with Gasteiger partial charge in [-0.05, 0) is 50.4 Å². The number of piperidine rings is 2. The Hall–Kier alpha value is -1.66. The van der Waals surface area contributed by atoms with E-state index in [1.165, 1.54) is 19.3 Å². The number of ketones is 1. The zero-order chi connectivity index (χ0) is 14.8. The molecule has 2 unspecified atom stereocenters. The van der Waals surface area contributed by atoms with Gasteiger partial charge in [-0.2, -0.15) is 5.26 Å². The third-order valence-electron chi connectivity index (χ3n) is 5.26. The topological polar surface area (TPSA) is 44.1 Å². The van der Waals surface area contributed by atoms with Crippen molar-refractivity contribution >= 4 is 5.78 Å². The number of hydrogen-bond acceptors (Lipinski definition) is 3. The van der Waals surface area contributed by atoms with Crippen molar-refractivity contribution in [2.45, 2.75) is 50.6 Å². The molecule has 2 saturated heterocycles. The van der Waals surface area contributed by atoms with Crippen LogP contribution >= 0.6 is 0 Å². The van der Waals surface area contributed by atoms with E-state index in [-0.39, 0.29) is 5.92 Å². The van der Waals surface area contributed by atoms with Crippen LogP contribution in [0.1, 0.15) is 43.2 Å². The van der Waals surface area contributed by atoms with Gasteiger partial charge in [0.2, 0.25) is 0 Å². The van der Waals surface area contributed by atoms with Crippen molar-refractivity contribution < 1.29 is 4.79 Å². The van der Waals surface area contributed by atoms with Gasteiger partial charge in [-0.1, -0.05) is 18.6 Å². The summed E-state index contributed by atoms with van der Waals surface area (Å²) < 4.78 is 0. The standard InChI is InChI=1S/C18H22N2O/c1-20-16-3-2-4-17(20)11-15(10-16)18(21)9-13-5-7-14(12-19)8-6-13/h5-8,15-17H,2-4,9-11H2,1H3. The Bertz CT molecular complexity index is 544. The first-order chi connectivity index (χ1) is 10.2. The predicted octanol–water partition coefficient (Wildman–Crippen LogP) is 2.93. The third-order valence-corrected chi connectivity index (χ3v) is 5.26. The summed E-state index contributed by atoms with van der Waals surface area (Å²) in [6.45, 7) is 0. The maximum Gasteiger partial charge on any atom is 0.140 e. The Kier molecular flexibility index (Phi) is 4.07. The normalized spacial score (nSPS) is 28.9. The van der Waals surface area contributed by atoms with Gasteiger partial charge < -0.3 is 4.90 Å². The van der Waals surface area contributed by atoms with Gasteiger partial charge in [0.25, 0.3) is 0 Å². The lowest BCUT2D eigenvalue weighted by molar-refractivity contribution is -0.125. The van der Waals surface area contributed by atoms with Gasteiger partial charge in [0, 0.05) is 24.4 Å². The highest BCUT2D eigenvalue weighted by Crippen LogP contribution is 2.36. The minimum Gasteiger partial charge on any atom is -0.300 e. The molecule has 0 amide bonds. The van der Waals surface area contributed by atoms with E-state index in [1.54, 1.807) is 12.1 Å². The largest absolute Gasteiger partial charge is 0.300 e. The first kappa shape index (κ1) is 14.3. The molecule has 3 rings (SSSR count). The molecule has 0 aromatic heterocycles. The number of Topliss-reactive ketones (excluding diaryl/α,β-unsaturated/α-hetero) is 1. The Morgan fingerprint density at radius 3 is 2.43 bits per heavy atom. The van der Waals surface area contributed by atoms with Crippen molar-refractivity contribution in [2.75, 3.05) is 7.05 Å².